The van der Waals surface area contributed by atoms with E-state index < -0.39 is 0 Å². The first-order valence-corrected chi connectivity index (χ1v) is 19.0. The van der Waals surface area contributed by atoms with E-state index in [1.54, 1.807) is 0 Å². The van der Waals surface area contributed by atoms with Crippen LogP contribution >= 0.6 is 0 Å². The Balaban J connectivity index is 1.08. The lowest BCUT2D eigenvalue weighted by Crippen LogP contribution is -2.67. The van der Waals surface area contributed by atoms with Crippen molar-refractivity contribution in [2.45, 2.75) is 131 Å². The number of allylic oxidation sites excluding steroid dienone is 2. The van der Waals surface area contributed by atoms with Crippen molar-refractivity contribution < 1.29 is 14.2 Å². The zero-order valence-electron chi connectivity index (χ0n) is 30.3. The molecule has 0 aromatic heterocycles. The Morgan fingerprint density at radius 2 is 1.45 bits per heavy atom. The highest BCUT2D eigenvalue weighted by atomic mass is 16.7. The largest absolute Gasteiger partial charge is 0.373 e. The molecule has 2 aromatic rings. The summed E-state index contributed by atoms with van der Waals surface area (Å²) in [6, 6.07) is 21.4. The topological polar surface area (TPSA) is 27.7 Å². The summed E-state index contributed by atoms with van der Waals surface area (Å²) in [5.74, 6) is 1.91. The summed E-state index contributed by atoms with van der Waals surface area (Å²) in [5.41, 5.74) is 5.62. The minimum atomic E-state index is -0.233. The third-order valence-corrected chi connectivity index (χ3v) is 16.0. The molecule has 6 aliphatic rings. The van der Waals surface area contributed by atoms with E-state index in [-0.39, 0.29) is 34.1 Å². The monoisotopic (exact) mass is 636 g/mol. The second kappa shape index (κ2) is 11.0. The van der Waals surface area contributed by atoms with Gasteiger partial charge in [0.1, 0.15) is 0 Å². The van der Waals surface area contributed by atoms with E-state index >= 15 is 0 Å². The van der Waals surface area contributed by atoms with Crippen molar-refractivity contribution >= 4 is 0 Å². The molecule has 47 heavy (non-hydrogen) atoms. The molecule has 11 atom stereocenters. The molecule has 5 fully saturated rings. The fourth-order valence-corrected chi connectivity index (χ4v) is 13.1. The van der Waals surface area contributed by atoms with Gasteiger partial charge in [0.15, 0.2) is 6.29 Å². The van der Waals surface area contributed by atoms with Gasteiger partial charge in [-0.25, -0.2) is 0 Å². The van der Waals surface area contributed by atoms with Crippen LogP contribution in [0.5, 0.6) is 0 Å². The molecule has 3 nitrogen and oxygen atoms in total. The molecular weight excluding hydrogens is 576 g/mol. The number of rotatable bonds is 4. The SMILES string of the molecule is CC1(C)C[C@@H]2C3=CC[C@@H]4[C@@]5(C)CCC6OC(c7ccccc7)OC[C@@]6(C)C5CC[C@@]4(C)[C@]3(C)CC[C@@]2(C)[C@H](OCc2ccccc2)C1. The first-order valence-electron chi connectivity index (χ1n) is 19.0. The number of fused-ring (bicyclic) bond motifs is 9. The lowest BCUT2D eigenvalue weighted by Gasteiger charge is -2.72. The molecule has 0 N–H and O–H groups in total. The van der Waals surface area contributed by atoms with Gasteiger partial charge in [-0.15, -0.1) is 0 Å². The van der Waals surface area contributed by atoms with Crippen molar-refractivity contribution in [1.29, 1.82) is 0 Å². The predicted octanol–water partition coefficient (Wildman–Crippen LogP) is 11.1. The van der Waals surface area contributed by atoms with E-state index in [1.807, 2.05) is 5.57 Å². The molecule has 4 saturated carbocycles. The standard InChI is InChI=1S/C44H60O3/c1-39(2)26-33-32-18-19-35-41(4)22-21-36-42(5,29-46-38(47-36)31-16-12-9-13-17-31)34(41)20-23-44(35,7)43(32,6)25-24-40(33,3)37(27-39)45-28-30-14-10-8-11-15-30/h8-18,33-38H,19-29H2,1-7H3/t33-,34?,35-,36?,37-,38?,40-,41+,42+,43-,44-/m1/s1. The van der Waals surface area contributed by atoms with Crippen LogP contribution in [0.25, 0.3) is 0 Å². The van der Waals surface area contributed by atoms with Crippen molar-refractivity contribution in [3.05, 3.63) is 83.4 Å². The molecule has 0 amide bonds. The van der Waals surface area contributed by atoms with Crippen LogP contribution in [0.4, 0.5) is 0 Å². The third-order valence-electron chi connectivity index (χ3n) is 16.0. The molecule has 0 spiro atoms. The van der Waals surface area contributed by atoms with E-state index in [2.05, 4.69) is 115 Å². The minimum Gasteiger partial charge on any atom is -0.373 e. The summed E-state index contributed by atoms with van der Waals surface area (Å²) in [7, 11) is 0. The molecule has 8 rings (SSSR count). The number of hydrogen-bond donors (Lipinski definition) is 0. The summed E-state index contributed by atoms with van der Waals surface area (Å²) in [4.78, 5) is 0. The van der Waals surface area contributed by atoms with Gasteiger partial charge in [0, 0.05) is 16.4 Å². The Morgan fingerprint density at radius 1 is 0.723 bits per heavy atom. The fourth-order valence-electron chi connectivity index (χ4n) is 13.1. The van der Waals surface area contributed by atoms with Crippen LogP contribution in [0.3, 0.4) is 0 Å². The molecule has 1 heterocycles. The quantitative estimate of drug-likeness (QED) is 0.313. The second-order valence-corrected chi connectivity index (χ2v) is 18.9. The van der Waals surface area contributed by atoms with Gasteiger partial charge >= 0.3 is 0 Å². The predicted molar refractivity (Wildman–Crippen MR) is 189 cm³/mol. The van der Waals surface area contributed by atoms with Gasteiger partial charge in [-0.2, -0.15) is 0 Å². The van der Waals surface area contributed by atoms with Gasteiger partial charge in [-0.3, -0.25) is 0 Å². The summed E-state index contributed by atoms with van der Waals surface area (Å²) in [5, 5.41) is 0. The van der Waals surface area contributed by atoms with Gasteiger partial charge in [-0.1, -0.05) is 121 Å². The lowest BCUT2D eigenvalue weighted by molar-refractivity contribution is -0.318. The molecule has 3 unspecified atom stereocenters. The Morgan fingerprint density at radius 3 is 2.19 bits per heavy atom. The fraction of sp³-hybridized carbons (Fsp3) is 0.682. The van der Waals surface area contributed by atoms with Crippen LogP contribution in [-0.2, 0) is 20.8 Å². The van der Waals surface area contributed by atoms with Crippen LogP contribution in [0.1, 0.15) is 124 Å². The average molecular weight is 637 g/mol. The Labute approximate surface area is 285 Å². The van der Waals surface area contributed by atoms with Crippen molar-refractivity contribution in [2.75, 3.05) is 6.61 Å². The highest BCUT2D eigenvalue weighted by Crippen LogP contribution is 2.76. The van der Waals surface area contributed by atoms with Crippen molar-refractivity contribution in [3.63, 3.8) is 0 Å². The molecular formula is C44H60O3. The van der Waals surface area contributed by atoms with Crippen LogP contribution in [0.2, 0.25) is 0 Å². The summed E-state index contributed by atoms with van der Waals surface area (Å²) < 4.78 is 20.4. The van der Waals surface area contributed by atoms with Crippen LogP contribution < -0.4 is 0 Å². The van der Waals surface area contributed by atoms with Crippen molar-refractivity contribution in [3.8, 4) is 0 Å². The van der Waals surface area contributed by atoms with E-state index in [0.717, 1.165) is 31.6 Å². The number of ether oxygens (including phenoxy) is 3. The molecule has 254 valence electrons. The van der Waals surface area contributed by atoms with Gasteiger partial charge in [0.05, 0.1) is 25.4 Å². The normalized spacial score (nSPS) is 46.9. The number of hydrogen-bond acceptors (Lipinski definition) is 3. The highest BCUT2D eigenvalue weighted by Gasteiger charge is 2.70. The molecule has 2 aromatic carbocycles. The Hall–Kier alpha value is -1.94. The Bertz CT molecular complexity index is 1500. The zero-order valence-corrected chi connectivity index (χ0v) is 30.3. The first-order chi connectivity index (χ1) is 22.3. The molecule has 5 aliphatic carbocycles. The maximum absolute atomic E-state index is 6.95. The lowest BCUT2D eigenvalue weighted by atomic mass is 9.33. The van der Waals surface area contributed by atoms with Crippen molar-refractivity contribution in [2.24, 2.45) is 50.2 Å². The zero-order chi connectivity index (χ0) is 32.9. The van der Waals surface area contributed by atoms with E-state index in [0.29, 0.717) is 34.7 Å². The van der Waals surface area contributed by atoms with Gasteiger partial charge in [0.25, 0.3) is 0 Å². The van der Waals surface area contributed by atoms with Crippen LogP contribution in [-0.4, -0.2) is 18.8 Å². The molecule has 0 radical (unpaired) electrons. The Kier molecular flexibility index (Phi) is 7.57. The third kappa shape index (κ3) is 4.75. The summed E-state index contributed by atoms with van der Waals surface area (Å²) in [6.07, 6.45) is 14.4. The highest BCUT2D eigenvalue weighted by molar-refractivity contribution is 5.34. The van der Waals surface area contributed by atoms with Crippen LogP contribution in [0.15, 0.2) is 72.3 Å². The first kappa shape index (κ1) is 32.3. The second-order valence-electron chi connectivity index (χ2n) is 18.9. The average Bonchev–Trinajstić information content (AvgIpc) is 3.05. The molecule has 1 aliphatic heterocycles. The molecule has 0 bridgehead atoms. The van der Waals surface area contributed by atoms with E-state index in [9.17, 15) is 0 Å². The van der Waals surface area contributed by atoms with E-state index in [4.69, 9.17) is 14.2 Å². The van der Waals surface area contributed by atoms with Crippen LogP contribution in [0, 0.1) is 50.2 Å². The smallest absolute Gasteiger partial charge is 0.184 e. The minimum absolute atomic E-state index is 0.0619. The van der Waals surface area contributed by atoms with Gasteiger partial charge < -0.3 is 14.2 Å². The maximum Gasteiger partial charge on any atom is 0.184 e. The van der Waals surface area contributed by atoms with Gasteiger partial charge in [-0.05, 0) is 103 Å². The van der Waals surface area contributed by atoms with Gasteiger partial charge in [0.2, 0.25) is 0 Å². The van der Waals surface area contributed by atoms with E-state index in [1.165, 1.54) is 50.5 Å². The molecule has 3 heteroatoms. The molecule has 1 saturated heterocycles. The van der Waals surface area contributed by atoms with Crippen molar-refractivity contribution in [1.82, 2.24) is 0 Å². The summed E-state index contributed by atoms with van der Waals surface area (Å²) in [6.45, 7) is 19.8. The maximum atomic E-state index is 6.95. The number of benzene rings is 2. The summed E-state index contributed by atoms with van der Waals surface area (Å²) >= 11 is 0.